The van der Waals surface area contributed by atoms with E-state index in [1.807, 2.05) is 23.7 Å². The third kappa shape index (κ3) is 2.82. The topological polar surface area (TPSA) is 38.7 Å². The molecule has 15 heavy (non-hydrogen) atoms. The smallest absolute Gasteiger partial charge is 0.115 e. The fourth-order valence-electron chi connectivity index (χ4n) is 1.06. The molecule has 1 aromatic carbocycles. The van der Waals surface area contributed by atoms with Crippen LogP contribution >= 0.6 is 11.3 Å². The van der Waals surface area contributed by atoms with Crippen LogP contribution < -0.4 is 0 Å². The molecule has 0 N–H and O–H groups in total. The maximum atomic E-state index is 4.14. The van der Waals surface area contributed by atoms with Gasteiger partial charge in [0.15, 0.2) is 0 Å². The average molecular weight is 215 g/mol. The number of nitrogens with zero attached hydrogens (tertiary/aromatic N) is 3. The number of hydrogen-bond donors (Lipinski definition) is 0. The Kier molecular flexibility index (Phi) is 3.35. The molecule has 0 saturated heterocycles. The van der Waals surface area contributed by atoms with Gasteiger partial charge in [-0.15, -0.1) is 11.3 Å². The summed E-state index contributed by atoms with van der Waals surface area (Å²) >= 11 is 1.68. The van der Waals surface area contributed by atoms with Gasteiger partial charge in [-0.2, -0.15) is 0 Å². The first-order chi connectivity index (χ1) is 7.47. The summed E-state index contributed by atoms with van der Waals surface area (Å²) in [6.07, 6.45) is 4.88. The highest BCUT2D eigenvalue weighted by Crippen LogP contribution is 2.15. The van der Waals surface area contributed by atoms with E-state index in [1.165, 1.54) is 11.0 Å². The molecule has 0 atom stereocenters. The monoisotopic (exact) mass is 215 g/mol. The predicted octanol–water partition coefficient (Wildman–Crippen LogP) is 2.77. The van der Waals surface area contributed by atoms with Crippen LogP contribution in [0.3, 0.4) is 0 Å². The minimum absolute atomic E-state index is 1.10. The molecule has 2 heterocycles. The lowest BCUT2D eigenvalue weighted by Crippen LogP contribution is -1.66. The lowest BCUT2D eigenvalue weighted by atomic mass is 10.3. The Hall–Kier alpha value is -1.81. The normalized spacial score (nSPS) is 9.33. The van der Waals surface area contributed by atoms with Crippen LogP contribution in [0.1, 0.15) is 0 Å². The summed E-state index contributed by atoms with van der Waals surface area (Å²) in [5, 5.41) is 0. The zero-order chi connectivity index (χ0) is 10.3. The molecule has 74 valence electrons. The molecular weight excluding hydrogens is 206 g/mol. The molecule has 3 rings (SSSR count). The van der Waals surface area contributed by atoms with Gasteiger partial charge in [-0.3, -0.25) is 0 Å². The van der Waals surface area contributed by atoms with Gasteiger partial charge in [0.05, 0.1) is 15.7 Å². The fourth-order valence-corrected chi connectivity index (χ4v) is 1.74. The number of para-hydroxylation sites is 1. The van der Waals surface area contributed by atoms with Crippen molar-refractivity contribution in [2.75, 3.05) is 0 Å². The Morgan fingerprint density at radius 2 is 1.73 bits per heavy atom. The van der Waals surface area contributed by atoms with Crippen molar-refractivity contribution < 1.29 is 0 Å². The van der Waals surface area contributed by atoms with Crippen LogP contribution in [0, 0.1) is 0 Å². The van der Waals surface area contributed by atoms with E-state index in [4.69, 9.17) is 0 Å². The number of aromatic nitrogens is 3. The van der Waals surface area contributed by atoms with Crippen LogP contribution in [0.5, 0.6) is 0 Å². The van der Waals surface area contributed by atoms with Crippen molar-refractivity contribution in [1.29, 1.82) is 0 Å². The van der Waals surface area contributed by atoms with Crippen LogP contribution in [0.15, 0.2) is 54.6 Å². The first-order valence-electron chi connectivity index (χ1n) is 4.45. The van der Waals surface area contributed by atoms with Crippen LogP contribution in [-0.2, 0) is 0 Å². The van der Waals surface area contributed by atoms with E-state index in [9.17, 15) is 0 Å². The third-order valence-electron chi connectivity index (χ3n) is 1.71. The first kappa shape index (κ1) is 9.73. The van der Waals surface area contributed by atoms with Crippen LogP contribution in [-0.4, -0.2) is 15.0 Å². The van der Waals surface area contributed by atoms with E-state index >= 15 is 0 Å². The zero-order valence-corrected chi connectivity index (χ0v) is 8.76. The lowest BCUT2D eigenvalue weighted by molar-refractivity contribution is 1.17. The van der Waals surface area contributed by atoms with Crippen molar-refractivity contribution in [3.8, 4) is 0 Å². The summed E-state index contributed by atoms with van der Waals surface area (Å²) in [4.78, 5) is 11.5. The number of benzene rings is 1. The van der Waals surface area contributed by atoms with Crippen molar-refractivity contribution in [1.82, 2.24) is 15.0 Å². The molecule has 0 aliphatic rings. The fraction of sp³-hybridized carbons (Fsp3) is 0. The van der Waals surface area contributed by atoms with Crippen molar-refractivity contribution in [2.24, 2.45) is 0 Å². The summed E-state index contributed by atoms with van der Waals surface area (Å²) in [7, 11) is 0. The molecule has 3 nitrogen and oxygen atoms in total. The summed E-state index contributed by atoms with van der Waals surface area (Å²) in [5.74, 6) is 0. The van der Waals surface area contributed by atoms with Crippen molar-refractivity contribution in [3.05, 3.63) is 54.6 Å². The molecule has 0 aliphatic heterocycles. The van der Waals surface area contributed by atoms with Gasteiger partial charge in [0.1, 0.15) is 6.33 Å². The van der Waals surface area contributed by atoms with Gasteiger partial charge < -0.3 is 0 Å². The maximum absolute atomic E-state index is 4.14. The van der Waals surface area contributed by atoms with Crippen LogP contribution in [0.4, 0.5) is 0 Å². The molecule has 0 unspecified atom stereocenters. The second-order valence-electron chi connectivity index (χ2n) is 2.72. The molecule has 0 saturated carbocycles. The van der Waals surface area contributed by atoms with Crippen molar-refractivity contribution >= 4 is 21.6 Å². The molecule has 0 bridgehead atoms. The van der Waals surface area contributed by atoms with E-state index in [2.05, 4.69) is 21.0 Å². The van der Waals surface area contributed by atoms with E-state index in [-0.39, 0.29) is 0 Å². The molecular formula is C11H9N3S. The molecule has 2 aromatic heterocycles. The zero-order valence-electron chi connectivity index (χ0n) is 7.95. The SMILES string of the molecule is c1ccc2scnc2c1.c1cncnc1. The number of rotatable bonds is 0. The summed E-state index contributed by atoms with van der Waals surface area (Å²) in [6.45, 7) is 0. The highest BCUT2D eigenvalue weighted by Gasteiger charge is 1.89. The molecule has 0 spiro atoms. The second-order valence-corrected chi connectivity index (χ2v) is 3.61. The van der Waals surface area contributed by atoms with Gasteiger partial charge in [-0.25, -0.2) is 15.0 Å². The second kappa shape index (κ2) is 5.17. The largest absolute Gasteiger partial charge is 0.245 e. The van der Waals surface area contributed by atoms with Gasteiger partial charge in [-0.05, 0) is 18.2 Å². The van der Waals surface area contributed by atoms with Gasteiger partial charge >= 0.3 is 0 Å². The molecule has 0 radical (unpaired) electrons. The van der Waals surface area contributed by atoms with E-state index in [0.717, 1.165) is 5.52 Å². The minimum atomic E-state index is 1.10. The quantitative estimate of drug-likeness (QED) is 0.578. The van der Waals surface area contributed by atoms with Gasteiger partial charge in [0.25, 0.3) is 0 Å². The van der Waals surface area contributed by atoms with Gasteiger partial charge in [0, 0.05) is 12.4 Å². The van der Waals surface area contributed by atoms with Gasteiger partial charge in [0.2, 0.25) is 0 Å². The predicted molar refractivity (Wildman–Crippen MR) is 61.7 cm³/mol. The maximum Gasteiger partial charge on any atom is 0.115 e. The highest BCUT2D eigenvalue weighted by atomic mass is 32.1. The Bertz CT molecular complexity index is 450. The molecule has 0 fully saturated rings. The van der Waals surface area contributed by atoms with Crippen LogP contribution in [0.2, 0.25) is 0 Å². The van der Waals surface area contributed by atoms with Crippen molar-refractivity contribution in [3.63, 3.8) is 0 Å². The molecule has 4 heteroatoms. The number of fused-ring (bicyclic) bond motifs is 1. The van der Waals surface area contributed by atoms with Crippen LogP contribution in [0.25, 0.3) is 10.2 Å². The Morgan fingerprint density at radius 3 is 2.33 bits per heavy atom. The highest BCUT2D eigenvalue weighted by molar-refractivity contribution is 7.16. The summed E-state index contributed by atoms with van der Waals surface area (Å²) < 4.78 is 1.26. The molecule has 3 aromatic rings. The number of thiazole rings is 1. The number of hydrogen-bond acceptors (Lipinski definition) is 4. The minimum Gasteiger partial charge on any atom is -0.245 e. The van der Waals surface area contributed by atoms with Crippen molar-refractivity contribution in [2.45, 2.75) is 0 Å². The Morgan fingerprint density at radius 1 is 0.933 bits per heavy atom. The third-order valence-corrected chi connectivity index (χ3v) is 2.52. The standard InChI is InChI=1S/C7H5NS.C4H4N2/c1-2-4-7-6(3-1)8-5-9-7;1-2-5-4-6-3-1/h1-5H;1-4H. The first-order valence-corrected chi connectivity index (χ1v) is 5.33. The Labute approximate surface area is 91.5 Å². The van der Waals surface area contributed by atoms with Gasteiger partial charge in [-0.1, -0.05) is 12.1 Å². The average Bonchev–Trinajstić information content (AvgIpc) is 2.80. The van der Waals surface area contributed by atoms with E-state index in [1.54, 1.807) is 29.8 Å². The molecule has 0 aliphatic carbocycles. The van der Waals surface area contributed by atoms with E-state index < -0.39 is 0 Å². The molecule has 0 amide bonds. The lowest BCUT2D eigenvalue weighted by Gasteiger charge is -1.80. The summed E-state index contributed by atoms with van der Waals surface area (Å²) in [6, 6.07) is 9.90. The Balaban J connectivity index is 0.000000124. The summed E-state index contributed by atoms with van der Waals surface area (Å²) in [5.41, 5.74) is 2.97. The van der Waals surface area contributed by atoms with E-state index in [0.29, 0.717) is 0 Å².